The number of hydrogen-bond acceptors (Lipinski definition) is 3. The van der Waals surface area contributed by atoms with Gasteiger partial charge in [0.05, 0.1) is 6.42 Å². The second-order valence-electron chi connectivity index (χ2n) is 6.27. The summed E-state index contributed by atoms with van der Waals surface area (Å²) in [6.07, 6.45) is 1.01. The second kappa shape index (κ2) is 6.87. The third kappa shape index (κ3) is 3.48. The lowest BCUT2D eigenvalue weighted by molar-refractivity contribution is -0.147. The Bertz CT molecular complexity index is 752. The summed E-state index contributed by atoms with van der Waals surface area (Å²) in [6, 6.07) is 15.7. The topological polar surface area (TPSA) is 46.6 Å². The van der Waals surface area contributed by atoms with E-state index in [1.807, 2.05) is 62.4 Å². The van der Waals surface area contributed by atoms with Crippen LogP contribution in [0.15, 0.2) is 48.5 Å². The number of rotatable bonds is 4. The third-order valence-corrected chi connectivity index (χ3v) is 4.30. The maximum absolute atomic E-state index is 12.5. The fraction of sp³-hybridized carbons (Fsp3) is 0.300. The van der Waals surface area contributed by atoms with Crippen molar-refractivity contribution in [2.45, 2.75) is 32.7 Å². The Balaban J connectivity index is 1.57. The van der Waals surface area contributed by atoms with Crippen molar-refractivity contribution in [3.8, 4) is 0 Å². The molecule has 3 rings (SSSR count). The highest BCUT2D eigenvalue weighted by atomic mass is 16.5. The molecule has 1 aliphatic rings. The highest BCUT2D eigenvalue weighted by Crippen LogP contribution is 2.31. The van der Waals surface area contributed by atoms with Crippen LogP contribution in [0.5, 0.6) is 0 Å². The molecule has 1 aliphatic heterocycles. The predicted molar refractivity (Wildman–Crippen MR) is 92.9 cm³/mol. The number of anilines is 1. The Hall–Kier alpha value is -2.62. The summed E-state index contributed by atoms with van der Waals surface area (Å²) in [6.45, 7) is 3.78. The highest BCUT2D eigenvalue weighted by molar-refractivity contribution is 5.97. The molecule has 0 saturated carbocycles. The number of benzene rings is 2. The fourth-order valence-corrected chi connectivity index (χ4v) is 3.08. The third-order valence-electron chi connectivity index (χ3n) is 4.30. The average molecular weight is 323 g/mol. The number of para-hydroxylation sites is 1. The van der Waals surface area contributed by atoms with Crippen molar-refractivity contribution in [1.82, 2.24) is 0 Å². The summed E-state index contributed by atoms with van der Waals surface area (Å²) in [7, 11) is 0. The van der Waals surface area contributed by atoms with Gasteiger partial charge in [-0.3, -0.25) is 9.59 Å². The number of nitrogens with zero attached hydrogens (tertiary/aromatic N) is 1. The summed E-state index contributed by atoms with van der Waals surface area (Å²) in [4.78, 5) is 26.2. The van der Waals surface area contributed by atoms with E-state index in [1.54, 1.807) is 4.90 Å². The number of carbonyl (C=O) groups is 2. The van der Waals surface area contributed by atoms with Gasteiger partial charge in [-0.15, -0.1) is 0 Å². The number of aryl methyl sites for hydroxylation is 1. The van der Waals surface area contributed by atoms with Crippen LogP contribution in [-0.2, 0) is 27.2 Å². The van der Waals surface area contributed by atoms with Crippen LogP contribution < -0.4 is 4.90 Å². The van der Waals surface area contributed by atoms with E-state index in [-0.39, 0.29) is 30.9 Å². The Morgan fingerprint density at radius 2 is 1.83 bits per heavy atom. The lowest BCUT2D eigenvalue weighted by atomic mass is 10.1. The van der Waals surface area contributed by atoms with E-state index in [0.29, 0.717) is 0 Å². The highest BCUT2D eigenvalue weighted by Gasteiger charge is 2.30. The van der Waals surface area contributed by atoms with Gasteiger partial charge in [0, 0.05) is 11.7 Å². The van der Waals surface area contributed by atoms with Gasteiger partial charge in [-0.25, -0.2) is 0 Å². The van der Waals surface area contributed by atoms with E-state index in [0.717, 1.165) is 28.8 Å². The van der Waals surface area contributed by atoms with Crippen LogP contribution in [0.3, 0.4) is 0 Å². The predicted octanol–water partition coefficient (Wildman–Crippen LogP) is 3.06. The first-order chi connectivity index (χ1) is 11.5. The normalized spacial score (nSPS) is 15.9. The number of esters is 1. The second-order valence-corrected chi connectivity index (χ2v) is 6.27. The molecule has 4 heteroatoms. The van der Waals surface area contributed by atoms with Crippen LogP contribution in [-0.4, -0.2) is 24.5 Å². The molecule has 0 aliphatic carbocycles. The Kier molecular flexibility index (Phi) is 4.65. The first-order valence-corrected chi connectivity index (χ1v) is 8.15. The van der Waals surface area contributed by atoms with Crippen molar-refractivity contribution >= 4 is 17.6 Å². The summed E-state index contributed by atoms with van der Waals surface area (Å²) in [5.74, 6) is -0.558. The monoisotopic (exact) mass is 323 g/mol. The quantitative estimate of drug-likeness (QED) is 0.813. The zero-order valence-corrected chi connectivity index (χ0v) is 14.0. The van der Waals surface area contributed by atoms with Crippen molar-refractivity contribution in [1.29, 1.82) is 0 Å². The van der Waals surface area contributed by atoms with E-state index in [1.165, 1.54) is 0 Å². The van der Waals surface area contributed by atoms with Crippen LogP contribution in [0.2, 0.25) is 0 Å². The Labute approximate surface area is 142 Å². The van der Waals surface area contributed by atoms with Crippen LogP contribution in [0.1, 0.15) is 23.6 Å². The van der Waals surface area contributed by atoms with E-state index in [9.17, 15) is 9.59 Å². The molecule has 0 aromatic heterocycles. The molecule has 0 bridgehead atoms. The largest absolute Gasteiger partial charge is 0.455 e. The van der Waals surface area contributed by atoms with Crippen molar-refractivity contribution in [3.05, 3.63) is 65.2 Å². The molecule has 0 unspecified atom stereocenters. The van der Waals surface area contributed by atoms with Gasteiger partial charge in [0.15, 0.2) is 6.61 Å². The van der Waals surface area contributed by atoms with Gasteiger partial charge in [0.2, 0.25) is 0 Å². The van der Waals surface area contributed by atoms with Crippen LogP contribution in [0.25, 0.3) is 0 Å². The lowest BCUT2D eigenvalue weighted by Gasteiger charge is -2.22. The molecule has 1 heterocycles. The molecule has 24 heavy (non-hydrogen) atoms. The molecule has 1 atom stereocenters. The molecule has 4 nitrogen and oxygen atoms in total. The van der Waals surface area contributed by atoms with Crippen molar-refractivity contribution in [2.75, 3.05) is 11.5 Å². The maximum atomic E-state index is 12.5. The van der Waals surface area contributed by atoms with Gasteiger partial charge < -0.3 is 9.64 Å². The van der Waals surface area contributed by atoms with Gasteiger partial charge in [0.1, 0.15) is 0 Å². The van der Waals surface area contributed by atoms with Crippen LogP contribution >= 0.6 is 0 Å². The number of amides is 1. The van der Waals surface area contributed by atoms with Gasteiger partial charge in [-0.05, 0) is 37.5 Å². The molecule has 2 aromatic rings. The molecule has 124 valence electrons. The summed E-state index contributed by atoms with van der Waals surface area (Å²) in [5, 5.41) is 0. The Morgan fingerprint density at radius 3 is 2.58 bits per heavy atom. The van der Waals surface area contributed by atoms with E-state index in [2.05, 4.69) is 0 Å². The summed E-state index contributed by atoms with van der Waals surface area (Å²) >= 11 is 0. The van der Waals surface area contributed by atoms with Gasteiger partial charge >= 0.3 is 5.97 Å². The molecule has 0 spiro atoms. The van der Waals surface area contributed by atoms with Gasteiger partial charge in [-0.2, -0.15) is 0 Å². The SMILES string of the molecule is Cc1ccc(CC(=O)OCC(=O)N2c3ccccc3C[C@H]2C)cc1. The zero-order chi connectivity index (χ0) is 17.1. The maximum Gasteiger partial charge on any atom is 0.310 e. The van der Waals surface area contributed by atoms with E-state index in [4.69, 9.17) is 4.74 Å². The fourth-order valence-electron chi connectivity index (χ4n) is 3.08. The standard InChI is InChI=1S/C20H21NO3/c1-14-7-9-16(10-8-14)12-20(23)24-13-19(22)21-15(2)11-17-5-3-4-6-18(17)21/h3-10,15H,11-13H2,1-2H3/t15-/m1/s1. The van der Waals surface area contributed by atoms with Crippen molar-refractivity contribution < 1.29 is 14.3 Å². The molecule has 0 N–H and O–H groups in total. The molecule has 2 aromatic carbocycles. The van der Waals surface area contributed by atoms with Crippen LogP contribution in [0, 0.1) is 6.92 Å². The number of hydrogen-bond donors (Lipinski definition) is 0. The molecule has 0 radical (unpaired) electrons. The molecule has 0 saturated heterocycles. The molecule has 0 fully saturated rings. The number of ether oxygens (including phenoxy) is 1. The number of carbonyl (C=O) groups excluding carboxylic acids is 2. The minimum Gasteiger partial charge on any atom is -0.455 e. The van der Waals surface area contributed by atoms with Crippen molar-refractivity contribution in [3.63, 3.8) is 0 Å². The summed E-state index contributed by atoms with van der Waals surface area (Å²) < 4.78 is 5.18. The Morgan fingerprint density at radius 1 is 1.12 bits per heavy atom. The lowest BCUT2D eigenvalue weighted by Crippen LogP contribution is -2.38. The first kappa shape index (κ1) is 16.2. The van der Waals surface area contributed by atoms with Gasteiger partial charge in [0.25, 0.3) is 5.91 Å². The average Bonchev–Trinajstić information content (AvgIpc) is 2.90. The molecule has 1 amide bonds. The van der Waals surface area contributed by atoms with Crippen LogP contribution in [0.4, 0.5) is 5.69 Å². The minimum absolute atomic E-state index is 0.0886. The van der Waals surface area contributed by atoms with E-state index >= 15 is 0 Å². The first-order valence-electron chi connectivity index (χ1n) is 8.15. The van der Waals surface area contributed by atoms with E-state index < -0.39 is 0 Å². The molecular formula is C20H21NO3. The number of fused-ring (bicyclic) bond motifs is 1. The minimum atomic E-state index is -0.382. The smallest absolute Gasteiger partial charge is 0.310 e. The van der Waals surface area contributed by atoms with Gasteiger partial charge in [-0.1, -0.05) is 48.0 Å². The summed E-state index contributed by atoms with van der Waals surface area (Å²) in [5.41, 5.74) is 4.11. The van der Waals surface area contributed by atoms with Crippen molar-refractivity contribution in [2.24, 2.45) is 0 Å². The zero-order valence-electron chi connectivity index (χ0n) is 14.0. The molecular weight excluding hydrogens is 302 g/mol.